The number of nitrogens with one attached hydrogen (secondary N) is 1. The summed E-state index contributed by atoms with van der Waals surface area (Å²) in [6, 6.07) is 15.8. The van der Waals surface area contributed by atoms with E-state index in [1.807, 2.05) is 30.3 Å². The Kier molecular flexibility index (Phi) is 7.82. The Morgan fingerprint density at radius 2 is 1.74 bits per heavy atom. The minimum absolute atomic E-state index is 0.0735. The average molecular weight is 391 g/mol. The van der Waals surface area contributed by atoms with E-state index in [1.54, 1.807) is 19.1 Å². The highest BCUT2D eigenvalue weighted by atomic mass is 32.2. The van der Waals surface area contributed by atoms with Crippen LogP contribution < -0.4 is 10.1 Å². The van der Waals surface area contributed by atoms with E-state index in [0.29, 0.717) is 18.8 Å². The van der Waals surface area contributed by atoms with Crippen LogP contribution in [0.25, 0.3) is 0 Å². The zero-order chi connectivity index (χ0) is 19.7. The number of ether oxygens (including phenoxy) is 2. The van der Waals surface area contributed by atoms with Crippen LogP contribution in [0.15, 0.2) is 59.5 Å². The van der Waals surface area contributed by atoms with Crippen LogP contribution >= 0.6 is 0 Å². The molecule has 27 heavy (non-hydrogen) atoms. The van der Waals surface area contributed by atoms with E-state index >= 15 is 0 Å². The largest absolute Gasteiger partial charge is 0.497 e. The van der Waals surface area contributed by atoms with E-state index in [9.17, 15) is 13.2 Å². The molecule has 146 valence electrons. The number of carbonyl (C=O) groups is 1. The van der Waals surface area contributed by atoms with Crippen molar-refractivity contribution in [1.29, 1.82) is 0 Å². The van der Waals surface area contributed by atoms with Gasteiger partial charge in [-0.15, -0.1) is 0 Å². The van der Waals surface area contributed by atoms with Crippen molar-refractivity contribution in [2.75, 3.05) is 20.3 Å². The molecule has 0 fully saturated rings. The van der Waals surface area contributed by atoms with Gasteiger partial charge in [-0.3, -0.25) is 4.79 Å². The molecule has 0 aliphatic carbocycles. The lowest BCUT2D eigenvalue weighted by Crippen LogP contribution is -2.35. The second-order valence-electron chi connectivity index (χ2n) is 5.91. The number of hydrogen-bond donors (Lipinski definition) is 1. The number of carbonyl (C=O) groups excluding carboxylic acids is 1. The lowest BCUT2D eigenvalue weighted by Gasteiger charge is -2.17. The summed E-state index contributed by atoms with van der Waals surface area (Å²) in [5, 5.41) is 1.92. The van der Waals surface area contributed by atoms with E-state index in [2.05, 4.69) is 5.32 Å². The number of sulfone groups is 1. The number of rotatable bonds is 10. The Morgan fingerprint density at radius 3 is 2.33 bits per heavy atom. The summed E-state index contributed by atoms with van der Waals surface area (Å²) in [6.07, 6.45) is 0.125. The Balaban J connectivity index is 2.08. The first-order valence-corrected chi connectivity index (χ1v) is 10.3. The molecule has 0 aliphatic rings. The second kappa shape index (κ2) is 10.1. The topological polar surface area (TPSA) is 81.7 Å². The normalized spacial score (nSPS) is 12.4. The molecule has 2 aromatic carbocycles. The molecular weight excluding hydrogens is 366 g/mol. The van der Waals surface area contributed by atoms with Gasteiger partial charge in [-0.25, -0.2) is 8.42 Å². The quantitative estimate of drug-likeness (QED) is 0.495. The average Bonchev–Trinajstić information content (AvgIpc) is 2.68. The molecule has 0 aromatic heterocycles. The molecule has 2 aromatic rings. The van der Waals surface area contributed by atoms with Gasteiger partial charge in [0.2, 0.25) is 0 Å². The highest BCUT2D eigenvalue weighted by molar-refractivity contribution is 7.92. The van der Waals surface area contributed by atoms with Crippen LogP contribution in [0.4, 0.5) is 0 Å². The highest BCUT2D eigenvalue weighted by Gasteiger charge is 2.34. The minimum Gasteiger partial charge on any atom is -0.497 e. The lowest BCUT2D eigenvalue weighted by molar-refractivity contribution is -0.142. The van der Waals surface area contributed by atoms with Gasteiger partial charge in [0.1, 0.15) is 5.75 Å². The smallest absolute Gasteiger partial charge is 0.324 e. The third kappa shape index (κ3) is 5.80. The van der Waals surface area contributed by atoms with E-state index in [1.165, 1.54) is 19.2 Å². The van der Waals surface area contributed by atoms with E-state index < -0.39 is 21.1 Å². The summed E-state index contributed by atoms with van der Waals surface area (Å²) >= 11 is 0. The molecule has 0 spiro atoms. The Bertz CT molecular complexity index is 819. The van der Waals surface area contributed by atoms with Crippen molar-refractivity contribution >= 4 is 15.8 Å². The van der Waals surface area contributed by atoms with Crippen molar-refractivity contribution < 1.29 is 22.7 Å². The lowest BCUT2D eigenvalue weighted by atomic mass is 10.2. The predicted molar refractivity (Wildman–Crippen MR) is 103 cm³/mol. The summed E-state index contributed by atoms with van der Waals surface area (Å²) < 4.78 is 35.9. The summed E-state index contributed by atoms with van der Waals surface area (Å²) in [5.74, 6) is -0.180. The van der Waals surface area contributed by atoms with Gasteiger partial charge in [-0.2, -0.15) is 0 Å². The molecule has 7 heteroatoms. The summed E-state index contributed by atoms with van der Waals surface area (Å²) in [4.78, 5) is 12.4. The maximum atomic E-state index is 12.9. The molecular formula is C20H25NO5S. The van der Waals surface area contributed by atoms with Crippen molar-refractivity contribution in [3.63, 3.8) is 0 Å². The van der Waals surface area contributed by atoms with Crippen LogP contribution in [0.3, 0.4) is 0 Å². The fourth-order valence-corrected chi connectivity index (χ4v) is 4.22. The Hall–Kier alpha value is -2.38. The van der Waals surface area contributed by atoms with Gasteiger partial charge in [0, 0.05) is 6.54 Å². The zero-order valence-electron chi connectivity index (χ0n) is 15.6. The molecule has 0 saturated heterocycles. The number of hydrogen-bond acceptors (Lipinski definition) is 6. The molecule has 1 N–H and O–H groups in total. The number of methoxy groups -OCH3 is 1. The van der Waals surface area contributed by atoms with Gasteiger partial charge >= 0.3 is 5.97 Å². The van der Waals surface area contributed by atoms with Gasteiger partial charge in [-0.1, -0.05) is 30.3 Å². The first-order valence-electron chi connectivity index (χ1n) is 8.78. The van der Waals surface area contributed by atoms with Gasteiger partial charge < -0.3 is 14.8 Å². The molecule has 0 amide bonds. The van der Waals surface area contributed by atoms with Crippen molar-refractivity contribution in [3.8, 4) is 5.75 Å². The third-order valence-corrected chi connectivity index (χ3v) is 6.17. The molecule has 6 nitrogen and oxygen atoms in total. The summed E-state index contributed by atoms with van der Waals surface area (Å²) in [6.45, 7) is 2.75. The highest BCUT2D eigenvalue weighted by Crippen LogP contribution is 2.22. The molecule has 1 atom stereocenters. The molecule has 2 rings (SSSR count). The van der Waals surface area contributed by atoms with Gasteiger partial charge in [0.05, 0.1) is 18.6 Å². The van der Waals surface area contributed by atoms with Gasteiger partial charge in [0.25, 0.3) is 0 Å². The number of esters is 1. The first kappa shape index (κ1) is 20.9. The van der Waals surface area contributed by atoms with E-state index in [4.69, 9.17) is 9.47 Å². The maximum Gasteiger partial charge on any atom is 0.324 e. The van der Waals surface area contributed by atoms with E-state index in [-0.39, 0.29) is 17.9 Å². The molecule has 0 saturated carbocycles. The fraction of sp³-hybridized carbons (Fsp3) is 0.350. The predicted octanol–water partition coefficient (Wildman–Crippen LogP) is 2.58. The summed E-state index contributed by atoms with van der Waals surface area (Å²) in [7, 11) is -2.36. The van der Waals surface area contributed by atoms with Crippen LogP contribution in [0.1, 0.15) is 18.9 Å². The van der Waals surface area contributed by atoms with Crippen LogP contribution in [-0.4, -0.2) is 39.9 Å². The maximum absolute atomic E-state index is 12.9. The molecule has 0 radical (unpaired) electrons. The standard InChI is InChI=1S/C20H25NO5S/c1-3-26-20(22)19(13-14-21-15-16-7-5-4-6-8-16)27(23,24)18-11-9-17(25-2)10-12-18/h4-12,19,21H,3,13-15H2,1-2H3. The van der Waals surface area contributed by atoms with Crippen molar-refractivity contribution in [1.82, 2.24) is 5.32 Å². The van der Waals surface area contributed by atoms with Crippen LogP contribution in [0.5, 0.6) is 5.75 Å². The van der Waals surface area contributed by atoms with E-state index in [0.717, 1.165) is 5.56 Å². The minimum atomic E-state index is -3.86. The fourth-order valence-electron chi connectivity index (χ4n) is 2.63. The first-order chi connectivity index (χ1) is 13.0. The third-order valence-electron chi connectivity index (χ3n) is 4.07. The van der Waals surface area contributed by atoms with Crippen LogP contribution in [0, 0.1) is 0 Å². The molecule has 0 aliphatic heterocycles. The molecule has 0 bridgehead atoms. The van der Waals surface area contributed by atoms with Crippen LogP contribution in [0.2, 0.25) is 0 Å². The van der Waals surface area contributed by atoms with Crippen molar-refractivity contribution in [2.45, 2.75) is 30.0 Å². The zero-order valence-corrected chi connectivity index (χ0v) is 16.4. The van der Waals surface area contributed by atoms with Crippen molar-refractivity contribution in [3.05, 3.63) is 60.2 Å². The second-order valence-corrected chi connectivity index (χ2v) is 8.04. The Labute approximate surface area is 160 Å². The van der Waals surface area contributed by atoms with Gasteiger partial charge in [-0.05, 0) is 49.7 Å². The Morgan fingerprint density at radius 1 is 1.07 bits per heavy atom. The van der Waals surface area contributed by atoms with Gasteiger partial charge in [0.15, 0.2) is 15.1 Å². The summed E-state index contributed by atoms with van der Waals surface area (Å²) in [5.41, 5.74) is 1.09. The van der Waals surface area contributed by atoms with Crippen LogP contribution in [-0.2, 0) is 25.9 Å². The monoisotopic (exact) mass is 391 g/mol. The van der Waals surface area contributed by atoms with Crippen molar-refractivity contribution in [2.24, 2.45) is 0 Å². The molecule has 1 unspecified atom stereocenters. The SMILES string of the molecule is CCOC(=O)C(CCNCc1ccccc1)S(=O)(=O)c1ccc(OC)cc1. The molecule has 0 heterocycles. The number of benzene rings is 2.